The fraction of sp³-hybridized carbons (Fsp3) is 0.381. The van der Waals surface area contributed by atoms with Gasteiger partial charge in [-0.05, 0) is 55.9 Å². The van der Waals surface area contributed by atoms with Gasteiger partial charge in [0.1, 0.15) is 10.6 Å². The summed E-state index contributed by atoms with van der Waals surface area (Å²) in [5.74, 6) is 0.608. The highest BCUT2D eigenvalue weighted by Gasteiger charge is 2.27. The van der Waals surface area contributed by atoms with Gasteiger partial charge in [-0.1, -0.05) is 30.3 Å². The molecular weight excluding hydrogens is 442 g/mol. The molecule has 1 aromatic carbocycles. The number of rotatable bonds is 5. The van der Waals surface area contributed by atoms with E-state index in [0.29, 0.717) is 37.8 Å². The molecule has 6 nitrogen and oxygen atoms in total. The number of carbonyl (C=O) groups is 1. The molecule has 4 rings (SSSR count). The third-order valence-corrected chi connectivity index (χ3v) is 7.82. The number of aryl methyl sites for hydroxylation is 1. The molecule has 0 saturated heterocycles. The number of benzene rings is 1. The maximum absolute atomic E-state index is 13.8. The first-order chi connectivity index (χ1) is 14.3. The molecule has 0 radical (unpaired) electrons. The Hall–Kier alpha value is -2.03. The van der Waals surface area contributed by atoms with Crippen LogP contribution in [-0.4, -0.2) is 27.8 Å². The Morgan fingerprint density at radius 2 is 2.23 bits per heavy atom. The van der Waals surface area contributed by atoms with Crippen molar-refractivity contribution >= 4 is 50.8 Å². The number of nitrogens with two attached hydrogens (primary N) is 1. The van der Waals surface area contributed by atoms with E-state index >= 15 is 0 Å². The fourth-order valence-corrected chi connectivity index (χ4v) is 6.18. The molecule has 0 saturated carbocycles. The van der Waals surface area contributed by atoms with Gasteiger partial charge in [-0.3, -0.25) is 14.2 Å². The monoisotopic (exact) mass is 463 g/mol. The van der Waals surface area contributed by atoms with Gasteiger partial charge in [-0.2, -0.15) is 0 Å². The molecule has 9 heteroatoms. The van der Waals surface area contributed by atoms with Crippen molar-refractivity contribution in [2.45, 2.75) is 43.5 Å². The minimum atomic E-state index is -0.555. The molecule has 1 aliphatic rings. The van der Waals surface area contributed by atoms with E-state index in [0.717, 1.165) is 36.6 Å². The van der Waals surface area contributed by atoms with Crippen LogP contribution in [0.5, 0.6) is 5.75 Å². The van der Waals surface area contributed by atoms with Gasteiger partial charge in [0.15, 0.2) is 5.16 Å². The lowest BCUT2D eigenvalue weighted by Gasteiger charge is -2.18. The van der Waals surface area contributed by atoms with E-state index in [4.69, 9.17) is 27.1 Å². The second kappa shape index (κ2) is 8.24. The van der Waals surface area contributed by atoms with Crippen LogP contribution in [0.2, 0.25) is 5.02 Å². The average molecular weight is 464 g/mol. The number of thiophene rings is 1. The molecule has 2 aromatic heterocycles. The zero-order valence-electron chi connectivity index (χ0n) is 16.9. The molecule has 0 unspecified atom stereocenters. The van der Waals surface area contributed by atoms with Gasteiger partial charge in [0.25, 0.3) is 5.56 Å². The summed E-state index contributed by atoms with van der Waals surface area (Å²) in [4.78, 5) is 32.2. The fourth-order valence-electron chi connectivity index (χ4n) is 3.72. The Balaban J connectivity index is 2.03. The molecule has 158 valence electrons. The van der Waals surface area contributed by atoms with E-state index in [1.165, 1.54) is 16.6 Å². The van der Waals surface area contributed by atoms with Gasteiger partial charge in [0, 0.05) is 9.90 Å². The first-order valence-corrected chi connectivity index (χ1v) is 11.7. The minimum Gasteiger partial charge on any atom is -0.495 e. The smallest absolute Gasteiger partial charge is 0.267 e. The number of nitrogens with zero attached hydrogens (tertiary/aromatic N) is 2. The molecule has 0 spiro atoms. The molecule has 0 aliphatic heterocycles. The van der Waals surface area contributed by atoms with Crippen molar-refractivity contribution in [2.75, 3.05) is 7.11 Å². The van der Waals surface area contributed by atoms with Gasteiger partial charge >= 0.3 is 0 Å². The van der Waals surface area contributed by atoms with Gasteiger partial charge in [0.2, 0.25) is 5.91 Å². The lowest BCUT2D eigenvalue weighted by molar-refractivity contribution is -0.117. The molecule has 2 heterocycles. The number of hydrogen-bond donors (Lipinski definition) is 1. The number of amides is 1. The summed E-state index contributed by atoms with van der Waals surface area (Å²) in [6.07, 6.45) is 2.87. The van der Waals surface area contributed by atoms with E-state index in [9.17, 15) is 9.59 Å². The summed E-state index contributed by atoms with van der Waals surface area (Å²) in [6.45, 7) is 3.93. The number of fused-ring (bicyclic) bond motifs is 3. The third-order valence-electron chi connectivity index (χ3n) is 5.36. The van der Waals surface area contributed by atoms with Gasteiger partial charge < -0.3 is 10.5 Å². The topological polar surface area (TPSA) is 87.2 Å². The zero-order chi connectivity index (χ0) is 21.6. The van der Waals surface area contributed by atoms with Crippen molar-refractivity contribution in [1.29, 1.82) is 0 Å². The molecule has 30 heavy (non-hydrogen) atoms. The van der Waals surface area contributed by atoms with Crippen LogP contribution in [0.15, 0.2) is 28.2 Å². The van der Waals surface area contributed by atoms with Crippen molar-refractivity contribution in [3.63, 3.8) is 0 Å². The van der Waals surface area contributed by atoms with Crippen LogP contribution in [0, 0.1) is 5.92 Å². The first-order valence-electron chi connectivity index (χ1n) is 9.67. The number of aromatic nitrogens is 2. The number of halogens is 1. The summed E-state index contributed by atoms with van der Waals surface area (Å²) in [6, 6.07) is 5.09. The maximum atomic E-state index is 13.8. The van der Waals surface area contributed by atoms with E-state index in [1.807, 2.05) is 0 Å². The molecule has 0 bridgehead atoms. The SMILES string of the molecule is COc1ccc(Cl)cc1-n1c(S[C@H](C)C(N)=O)nc2sc3c(c2c1=O)CC[C@H](C)C3. The van der Waals surface area contributed by atoms with E-state index in [1.54, 1.807) is 36.5 Å². The molecule has 1 amide bonds. The Morgan fingerprint density at radius 1 is 1.47 bits per heavy atom. The Labute approximate surface area is 187 Å². The van der Waals surface area contributed by atoms with Crippen LogP contribution in [0.3, 0.4) is 0 Å². The van der Waals surface area contributed by atoms with Gasteiger partial charge in [-0.25, -0.2) is 4.98 Å². The summed E-state index contributed by atoms with van der Waals surface area (Å²) in [5, 5.41) is 0.962. The normalized spacial score (nSPS) is 17.0. The molecule has 2 atom stereocenters. The Kier molecular flexibility index (Phi) is 5.83. The van der Waals surface area contributed by atoms with Crippen molar-refractivity contribution in [3.05, 3.63) is 44.0 Å². The molecule has 0 fully saturated rings. The Morgan fingerprint density at radius 3 is 2.93 bits per heavy atom. The predicted octanol–water partition coefficient (Wildman–Crippen LogP) is 4.20. The van der Waals surface area contributed by atoms with Crippen molar-refractivity contribution < 1.29 is 9.53 Å². The van der Waals surface area contributed by atoms with Crippen LogP contribution < -0.4 is 16.0 Å². The second-order valence-corrected chi connectivity index (χ2v) is 10.4. The summed E-state index contributed by atoms with van der Waals surface area (Å²) >= 11 is 8.97. The number of ether oxygens (including phenoxy) is 1. The van der Waals surface area contributed by atoms with Crippen LogP contribution in [0.25, 0.3) is 15.9 Å². The predicted molar refractivity (Wildman–Crippen MR) is 122 cm³/mol. The van der Waals surface area contributed by atoms with Gasteiger partial charge in [-0.15, -0.1) is 11.3 Å². The van der Waals surface area contributed by atoms with Gasteiger partial charge in [0.05, 0.1) is 23.4 Å². The van der Waals surface area contributed by atoms with E-state index in [-0.39, 0.29) is 5.56 Å². The quantitative estimate of drug-likeness (QED) is 0.452. The average Bonchev–Trinajstić information content (AvgIpc) is 3.05. The minimum absolute atomic E-state index is 0.174. The number of carbonyl (C=O) groups excluding carboxylic acids is 1. The van der Waals surface area contributed by atoms with Crippen molar-refractivity contribution in [1.82, 2.24) is 9.55 Å². The standard InChI is InChI=1S/C21H22ClN3O3S2/c1-10-4-6-13-16(8-10)30-19-17(13)20(27)25(21(24-19)29-11(2)18(23)26)14-9-12(22)5-7-15(14)28-3/h5,7,9-11H,4,6,8H2,1-3H3,(H2,23,26)/t10-,11+/m0/s1. The highest BCUT2D eigenvalue weighted by molar-refractivity contribution is 8.00. The molecular formula is C21H22ClN3O3S2. The van der Waals surface area contributed by atoms with Crippen molar-refractivity contribution in [3.8, 4) is 11.4 Å². The largest absolute Gasteiger partial charge is 0.495 e. The molecule has 2 N–H and O–H groups in total. The summed E-state index contributed by atoms with van der Waals surface area (Å²) in [7, 11) is 1.54. The highest BCUT2D eigenvalue weighted by Crippen LogP contribution is 2.38. The zero-order valence-corrected chi connectivity index (χ0v) is 19.3. The van der Waals surface area contributed by atoms with Crippen LogP contribution >= 0.6 is 34.7 Å². The molecule has 1 aliphatic carbocycles. The first kappa shape index (κ1) is 21.2. The maximum Gasteiger partial charge on any atom is 0.267 e. The summed E-state index contributed by atoms with van der Waals surface area (Å²) < 4.78 is 7.00. The van der Waals surface area contributed by atoms with Crippen molar-refractivity contribution in [2.24, 2.45) is 11.7 Å². The van der Waals surface area contributed by atoms with E-state index in [2.05, 4.69) is 6.92 Å². The third kappa shape index (κ3) is 3.72. The molecule has 3 aromatic rings. The second-order valence-electron chi connectivity index (χ2n) is 7.55. The number of thioether (sulfide) groups is 1. The number of hydrogen-bond acceptors (Lipinski definition) is 6. The number of methoxy groups -OCH3 is 1. The highest BCUT2D eigenvalue weighted by atomic mass is 35.5. The van der Waals surface area contributed by atoms with Crippen LogP contribution in [0.1, 0.15) is 30.7 Å². The van der Waals surface area contributed by atoms with Crippen LogP contribution in [0.4, 0.5) is 0 Å². The lowest BCUT2D eigenvalue weighted by Crippen LogP contribution is -2.27. The number of primary amides is 1. The summed E-state index contributed by atoms with van der Waals surface area (Å²) in [5.41, 5.74) is 6.90. The lowest BCUT2D eigenvalue weighted by atomic mass is 9.89. The Bertz CT molecular complexity index is 1200. The van der Waals surface area contributed by atoms with Crippen LogP contribution in [-0.2, 0) is 17.6 Å². The van der Waals surface area contributed by atoms with E-state index < -0.39 is 11.2 Å².